The Morgan fingerprint density at radius 1 is 0.950 bits per heavy atom. The summed E-state index contributed by atoms with van der Waals surface area (Å²) >= 11 is 0. The summed E-state index contributed by atoms with van der Waals surface area (Å²) in [5.74, 6) is -3.43. The average molecular weight is 554 g/mol. The van der Waals surface area contributed by atoms with E-state index in [4.69, 9.17) is 5.73 Å². The van der Waals surface area contributed by atoms with Gasteiger partial charge < -0.3 is 36.8 Å². The number of aromatic amines is 2. The van der Waals surface area contributed by atoms with Gasteiger partial charge in [0, 0.05) is 41.8 Å². The molecule has 1 aromatic carbocycles. The molecule has 0 bridgehead atoms. The number of para-hydroxylation sites is 1. The lowest BCUT2D eigenvalue weighted by atomic mass is 9.98. The van der Waals surface area contributed by atoms with Crippen LogP contribution in [0.5, 0.6) is 0 Å². The molecule has 0 fully saturated rings. The van der Waals surface area contributed by atoms with Crippen LogP contribution in [0.1, 0.15) is 45.4 Å². The van der Waals surface area contributed by atoms with Crippen molar-refractivity contribution in [3.05, 3.63) is 54.2 Å². The van der Waals surface area contributed by atoms with Gasteiger partial charge in [0.25, 0.3) is 0 Å². The van der Waals surface area contributed by atoms with E-state index in [-0.39, 0.29) is 24.7 Å². The summed E-state index contributed by atoms with van der Waals surface area (Å²) in [7, 11) is 0. The second-order valence-electron chi connectivity index (χ2n) is 10.4. The van der Waals surface area contributed by atoms with Crippen molar-refractivity contribution in [1.82, 2.24) is 30.9 Å². The number of aliphatic carboxylic acids is 1. The summed E-state index contributed by atoms with van der Waals surface area (Å²) in [5.41, 5.74) is 8.40. The van der Waals surface area contributed by atoms with Gasteiger partial charge in [0.1, 0.15) is 18.1 Å². The van der Waals surface area contributed by atoms with Crippen molar-refractivity contribution in [1.29, 1.82) is 0 Å². The van der Waals surface area contributed by atoms with Crippen molar-refractivity contribution in [2.45, 2.75) is 71.1 Å². The van der Waals surface area contributed by atoms with Gasteiger partial charge in [-0.3, -0.25) is 14.4 Å². The minimum atomic E-state index is -1.18. The van der Waals surface area contributed by atoms with Gasteiger partial charge in [-0.1, -0.05) is 52.3 Å². The molecule has 5 atom stereocenters. The van der Waals surface area contributed by atoms with Crippen LogP contribution in [0.4, 0.5) is 0 Å². The van der Waals surface area contributed by atoms with Crippen molar-refractivity contribution in [3.63, 3.8) is 0 Å². The first-order valence-electron chi connectivity index (χ1n) is 13.4. The van der Waals surface area contributed by atoms with Gasteiger partial charge in [-0.05, 0) is 23.5 Å². The molecular formula is C28H39N7O5. The number of carboxylic acids is 1. The molecule has 0 saturated carbocycles. The molecule has 216 valence electrons. The SMILES string of the molecule is CCC(C)C(N)C(=O)NC(Cc1c[nH]c2ccccc12)C(=O)NC(Cc1cnc[nH]1)C(=O)NC(C(=O)O)C(C)C. The van der Waals surface area contributed by atoms with Crippen LogP contribution in [0.15, 0.2) is 43.0 Å². The fraction of sp³-hybridized carbons (Fsp3) is 0.464. The highest BCUT2D eigenvalue weighted by Gasteiger charge is 2.32. The number of benzene rings is 1. The minimum absolute atomic E-state index is 0.0299. The number of rotatable bonds is 14. The van der Waals surface area contributed by atoms with Crippen LogP contribution in [-0.2, 0) is 32.0 Å². The Morgan fingerprint density at radius 3 is 2.23 bits per heavy atom. The van der Waals surface area contributed by atoms with Crippen molar-refractivity contribution in [2.24, 2.45) is 17.6 Å². The van der Waals surface area contributed by atoms with Gasteiger partial charge in [0.2, 0.25) is 17.7 Å². The number of amides is 3. The highest BCUT2D eigenvalue weighted by Crippen LogP contribution is 2.19. The first-order valence-corrected chi connectivity index (χ1v) is 13.4. The zero-order valence-electron chi connectivity index (χ0n) is 23.2. The molecular weight excluding hydrogens is 514 g/mol. The normalized spacial score (nSPS) is 15.2. The Morgan fingerprint density at radius 2 is 1.60 bits per heavy atom. The van der Waals surface area contributed by atoms with E-state index in [1.165, 1.54) is 12.5 Å². The Balaban J connectivity index is 1.88. The number of hydrogen-bond donors (Lipinski definition) is 7. The van der Waals surface area contributed by atoms with E-state index in [1.54, 1.807) is 20.0 Å². The monoisotopic (exact) mass is 553 g/mol. The number of nitrogens with two attached hydrogens (primary N) is 1. The van der Waals surface area contributed by atoms with Gasteiger partial charge in [-0.15, -0.1) is 0 Å². The van der Waals surface area contributed by atoms with Gasteiger partial charge in [0.05, 0.1) is 12.4 Å². The standard InChI is InChI=1S/C28H39N7O5/c1-5-16(4)23(29)27(38)34-21(10-17-12-31-20-9-7-6-8-19(17)20)25(36)33-22(11-18-13-30-14-32-18)26(37)35-24(15(2)3)28(39)40/h6-9,12-16,21-24,31H,5,10-11,29H2,1-4H3,(H,30,32)(H,33,36)(H,34,38)(H,35,37)(H,39,40). The third-order valence-electron chi connectivity index (χ3n) is 7.13. The van der Waals surface area contributed by atoms with Crippen LogP contribution < -0.4 is 21.7 Å². The third kappa shape index (κ3) is 7.69. The van der Waals surface area contributed by atoms with Crippen molar-refractivity contribution in [2.75, 3.05) is 0 Å². The van der Waals surface area contributed by atoms with Crippen molar-refractivity contribution >= 4 is 34.6 Å². The Labute approximate surface area is 232 Å². The van der Waals surface area contributed by atoms with Crippen molar-refractivity contribution < 1.29 is 24.3 Å². The Bertz CT molecular complexity index is 1300. The van der Waals surface area contributed by atoms with Gasteiger partial charge in [-0.2, -0.15) is 0 Å². The second-order valence-corrected chi connectivity index (χ2v) is 10.4. The summed E-state index contributed by atoms with van der Waals surface area (Å²) in [6.07, 6.45) is 5.58. The lowest BCUT2D eigenvalue weighted by Gasteiger charge is -2.26. The van der Waals surface area contributed by atoms with Crippen LogP contribution >= 0.6 is 0 Å². The average Bonchev–Trinajstić information content (AvgIpc) is 3.59. The molecule has 12 heteroatoms. The lowest BCUT2D eigenvalue weighted by Crippen LogP contribution is -2.59. The molecule has 3 rings (SSSR count). The number of carbonyl (C=O) groups is 4. The van der Waals surface area contributed by atoms with E-state index in [9.17, 15) is 24.3 Å². The molecule has 0 aliphatic heterocycles. The Kier molecular flexibility index (Phi) is 10.4. The molecule has 2 heterocycles. The Hall–Kier alpha value is -4.19. The smallest absolute Gasteiger partial charge is 0.326 e. The maximum absolute atomic E-state index is 13.7. The largest absolute Gasteiger partial charge is 0.480 e. The number of nitrogens with one attached hydrogen (secondary N) is 5. The summed E-state index contributed by atoms with van der Waals surface area (Å²) in [6, 6.07) is 3.42. The van der Waals surface area contributed by atoms with E-state index in [1.807, 2.05) is 38.1 Å². The van der Waals surface area contributed by atoms with E-state index in [0.29, 0.717) is 12.1 Å². The van der Waals surface area contributed by atoms with Crippen LogP contribution in [0.25, 0.3) is 10.9 Å². The van der Waals surface area contributed by atoms with Crippen LogP contribution in [0, 0.1) is 11.8 Å². The second kappa shape index (κ2) is 13.7. The quantitative estimate of drug-likeness (QED) is 0.156. The van der Waals surface area contributed by atoms with E-state index in [0.717, 1.165) is 16.5 Å². The molecule has 0 saturated heterocycles. The lowest BCUT2D eigenvalue weighted by molar-refractivity contribution is -0.143. The van der Waals surface area contributed by atoms with Gasteiger partial charge in [0.15, 0.2) is 0 Å². The minimum Gasteiger partial charge on any atom is -0.480 e. The summed E-state index contributed by atoms with van der Waals surface area (Å²) in [4.78, 5) is 61.7. The molecule has 12 nitrogen and oxygen atoms in total. The molecule has 0 aliphatic rings. The van der Waals surface area contributed by atoms with E-state index < -0.39 is 47.9 Å². The maximum Gasteiger partial charge on any atom is 0.326 e. The number of nitrogens with zero attached hydrogens (tertiary/aromatic N) is 1. The van der Waals surface area contributed by atoms with E-state index >= 15 is 0 Å². The number of fused-ring (bicyclic) bond motifs is 1. The molecule has 0 radical (unpaired) electrons. The maximum atomic E-state index is 13.7. The molecule has 40 heavy (non-hydrogen) atoms. The topological polar surface area (TPSA) is 195 Å². The first-order chi connectivity index (χ1) is 19.0. The summed E-state index contributed by atoms with van der Waals surface area (Å²) < 4.78 is 0. The molecule has 2 aromatic heterocycles. The van der Waals surface area contributed by atoms with E-state index in [2.05, 4.69) is 30.9 Å². The predicted molar refractivity (Wildman–Crippen MR) is 150 cm³/mol. The number of imidazole rings is 1. The molecule has 5 unspecified atom stereocenters. The predicted octanol–water partition coefficient (Wildman–Crippen LogP) is 1.24. The highest BCUT2D eigenvalue weighted by atomic mass is 16.4. The zero-order chi connectivity index (χ0) is 29.4. The zero-order valence-corrected chi connectivity index (χ0v) is 23.2. The highest BCUT2D eigenvalue weighted by molar-refractivity contribution is 5.95. The fourth-order valence-electron chi connectivity index (χ4n) is 4.38. The number of H-pyrrole nitrogens is 2. The molecule has 0 aliphatic carbocycles. The van der Waals surface area contributed by atoms with Crippen LogP contribution in [-0.4, -0.2) is 67.9 Å². The van der Waals surface area contributed by atoms with Crippen LogP contribution in [0.3, 0.4) is 0 Å². The molecule has 3 amide bonds. The number of carbonyl (C=O) groups excluding carboxylic acids is 3. The third-order valence-corrected chi connectivity index (χ3v) is 7.13. The van der Waals surface area contributed by atoms with Gasteiger partial charge in [-0.25, -0.2) is 9.78 Å². The molecule has 0 spiro atoms. The summed E-state index contributed by atoms with van der Waals surface area (Å²) in [6.45, 7) is 7.13. The molecule has 3 aromatic rings. The summed E-state index contributed by atoms with van der Waals surface area (Å²) in [5, 5.41) is 18.5. The first kappa shape index (κ1) is 30.4. The van der Waals surface area contributed by atoms with Crippen molar-refractivity contribution in [3.8, 4) is 0 Å². The van der Waals surface area contributed by atoms with Gasteiger partial charge >= 0.3 is 5.97 Å². The number of carboxylic acid groups (broad SMARTS) is 1. The van der Waals surface area contributed by atoms with Crippen LogP contribution in [0.2, 0.25) is 0 Å². The number of aromatic nitrogens is 3. The fourth-order valence-corrected chi connectivity index (χ4v) is 4.38. The molecule has 8 N–H and O–H groups in total. The number of hydrogen-bond acceptors (Lipinski definition) is 6.